The zero-order chi connectivity index (χ0) is 18.5. The maximum absolute atomic E-state index is 4.78. The lowest BCUT2D eigenvalue weighted by atomic mass is 9.95. The second-order valence-electron chi connectivity index (χ2n) is 7.48. The van der Waals surface area contributed by atoms with Gasteiger partial charge in [-0.1, -0.05) is 12.1 Å². The van der Waals surface area contributed by atoms with Gasteiger partial charge in [0.15, 0.2) is 0 Å². The molecule has 2 aliphatic heterocycles. The Hall–Kier alpha value is -2.46. The second-order valence-corrected chi connectivity index (χ2v) is 7.48. The van der Waals surface area contributed by atoms with Gasteiger partial charge in [-0.15, -0.1) is 0 Å². The van der Waals surface area contributed by atoms with Crippen LogP contribution in [0.1, 0.15) is 30.4 Å². The first-order valence-electron chi connectivity index (χ1n) is 9.99. The van der Waals surface area contributed by atoms with Crippen molar-refractivity contribution in [1.82, 2.24) is 9.88 Å². The van der Waals surface area contributed by atoms with Crippen molar-refractivity contribution in [3.8, 4) is 0 Å². The molecule has 1 fully saturated rings. The third kappa shape index (κ3) is 4.45. The largest absolute Gasteiger partial charge is 0.370 e. The van der Waals surface area contributed by atoms with Gasteiger partial charge >= 0.3 is 0 Å². The number of rotatable bonds is 3. The molecule has 2 aromatic rings. The van der Waals surface area contributed by atoms with E-state index >= 15 is 0 Å². The minimum absolute atomic E-state index is 0.907. The van der Waals surface area contributed by atoms with E-state index in [1.54, 1.807) is 0 Å². The van der Waals surface area contributed by atoms with Crippen LogP contribution in [0.25, 0.3) is 6.08 Å². The van der Waals surface area contributed by atoms with E-state index in [4.69, 9.17) is 4.99 Å². The Morgan fingerprint density at radius 3 is 2.67 bits per heavy atom. The zero-order valence-electron chi connectivity index (χ0n) is 16.1. The van der Waals surface area contributed by atoms with Crippen molar-refractivity contribution in [1.29, 1.82) is 0 Å². The third-order valence-corrected chi connectivity index (χ3v) is 5.43. The van der Waals surface area contributed by atoms with Crippen molar-refractivity contribution in [2.45, 2.75) is 19.3 Å². The monoisotopic (exact) mass is 360 g/mol. The smallest absolute Gasteiger partial charge is 0.0694 e. The molecule has 0 N–H and O–H groups in total. The van der Waals surface area contributed by atoms with E-state index in [0.717, 1.165) is 50.3 Å². The summed E-state index contributed by atoms with van der Waals surface area (Å²) in [5.41, 5.74) is 6.12. The van der Waals surface area contributed by atoms with Gasteiger partial charge in [-0.25, -0.2) is 0 Å². The van der Waals surface area contributed by atoms with Gasteiger partial charge in [0.05, 0.1) is 5.71 Å². The molecule has 4 nitrogen and oxygen atoms in total. The molecule has 2 aliphatic rings. The molecule has 0 bridgehead atoms. The van der Waals surface area contributed by atoms with Crippen LogP contribution in [0.2, 0.25) is 0 Å². The minimum atomic E-state index is 0.907. The molecular formula is C23H28N4. The van der Waals surface area contributed by atoms with Crippen LogP contribution in [0.5, 0.6) is 0 Å². The van der Waals surface area contributed by atoms with Gasteiger partial charge in [0.2, 0.25) is 0 Å². The Morgan fingerprint density at radius 2 is 1.85 bits per heavy atom. The van der Waals surface area contributed by atoms with E-state index in [2.05, 4.69) is 58.2 Å². The number of anilines is 1. The molecule has 0 spiro atoms. The van der Waals surface area contributed by atoms with E-state index in [1.807, 2.05) is 18.5 Å². The summed E-state index contributed by atoms with van der Waals surface area (Å²) in [6.07, 6.45) is 9.45. The van der Waals surface area contributed by atoms with Crippen molar-refractivity contribution < 1.29 is 0 Å². The fourth-order valence-corrected chi connectivity index (χ4v) is 3.89. The third-order valence-electron chi connectivity index (χ3n) is 5.43. The fraction of sp³-hybridized carbons (Fsp3) is 0.391. The molecule has 27 heavy (non-hydrogen) atoms. The van der Waals surface area contributed by atoms with Gasteiger partial charge in [0.1, 0.15) is 0 Å². The Labute approximate surface area is 162 Å². The topological polar surface area (TPSA) is 31.7 Å². The van der Waals surface area contributed by atoms with E-state index in [-0.39, 0.29) is 0 Å². The van der Waals surface area contributed by atoms with E-state index in [0.29, 0.717) is 0 Å². The van der Waals surface area contributed by atoms with Crippen LogP contribution < -0.4 is 4.90 Å². The number of aromatic nitrogens is 1. The first kappa shape index (κ1) is 17.9. The first-order chi connectivity index (χ1) is 13.3. The SMILES string of the molecule is CN1CCCN(c2ccc(C=C3CCCN=C3c3cccnc3)cc2)CC1. The van der Waals surface area contributed by atoms with E-state index in [1.165, 1.54) is 29.8 Å². The molecular weight excluding hydrogens is 332 g/mol. The van der Waals surface area contributed by atoms with E-state index in [9.17, 15) is 0 Å². The van der Waals surface area contributed by atoms with Crippen LogP contribution in [0.4, 0.5) is 5.69 Å². The Bertz CT molecular complexity index is 808. The number of likely N-dealkylation sites (N-methyl/N-ethyl adjacent to an activating group) is 1. The lowest BCUT2D eigenvalue weighted by molar-refractivity contribution is 0.360. The fourth-order valence-electron chi connectivity index (χ4n) is 3.89. The lowest BCUT2D eigenvalue weighted by Gasteiger charge is -2.23. The van der Waals surface area contributed by atoms with Crippen molar-refractivity contribution in [3.63, 3.8) is 0 Å². The molecule has 0 saturated carbocycles. The van der Waals surface area contributed by atoms with Crippen molar-refractivity contribution in [3.05, 3.63) is 65.5 Å². The molecule has 0 radical (unpaired) electrons. The molecule has 0 amide bonds. The zero-order valence-corrected chi connectivity index (χ0v) is 16.1. The number of allylic oxidation sites excluding steroid dienone is 1. The average Bonchev–Trinajstić information content (AvgIpc) is 2.94. The maximum Gasteiger partial charge on any atom is 0.0694 e. The maximum atomic E-state index is 4.78. The van der Waals surface area contributed by atoms with Gasteiger partial charge in [0.25, 0.3) is 0 Å². The van der Waals surface area contributed by atoms with Crippen LogP contribution in [0, 0.1) is 0 Å². The van der Waals surface area contributed by atoms with Crippen LogP contribution in [0.3, 0.4) is 0 Å². The average molecular weight is 361 g/mol. The number of benzene rings is 1. The van der Waals surface area contributed by atoms with Gasteiger partial charge in [0, 0.05) is 49.8 Å². The Kier molecular flexibility index (Phi) is 5.64. The first-order valence-corrected chi connectivity index (χ1v) is 9.99. The molecule has 0 aliphatic carbocycles. The minimum Gasteiger partial charge on any atom is -0.370 e. The highest BCUT2D eigenvalue weighted by Gasteiger charge is 2.15. The molecule has 0 atom stereocenters. The van der Waals surface area contributed by atoms with Crippen LogP contribution in [-0.4, -0.2) is 55.4 Å². The summed E-state index contributed by atoms with van der Waals surface area (Å²) >= 11 is 0. The summed E-state index contributed by atoms with van der Waals surface area (Å²) in [5.74, 6) is 0. The number of pyridine rings is 1. The highest BCUT2D eigenvalue weighted by Crippen LogP contribution is 2.23. The summed E-state index contributed by atoms with van der Waals surface area (Å²) in [7, 11) is 2.21. The van der Waals surface area contributed by atoms with Gasteiger partial charge < -0.3 is 9.80 Å². The number of hydrogen-bond acceptors (Lipinski definition) is 4. The molecule has 4 heteroatoms. The number of aliphatic imine (C=N–C) groups is 1. The molecule has 3 heterocycles. The summed E-state index contributed by atoms with van der Waals surface area (Å²) in [6, 6.07) is 13.1. The predicted molar refractivity (Wildman–Crippen MR) is 114 cm³/mol. The van der Waals surface area contributed by atoms with Crippen molar-refractivity contribution in [2.75, 3.05) is 44.7 Å². The highest BCUT2D eigenvalue weighted by atomic mass is 15.2. The second kappa shape index (κ2) is 8.49. The molecule has 1 aromatic carbocycles. The normalized spacial score (nSPS) is 20.4. The Balaban J connectivity index is 1.53. The van der Waals surface area contributed by atoms with Crippen LogP contribution >= 0.6 is 0 Å². The molecule has 0 unspecified atom stereocenters. The summed E-state index contributed by atoms with van der Waals surface area (Å²) in [6.45, 7) is 5.48. The van der Waals surface area contributed by atoms with Gasteiger partial charge in [-0.2, -0.15) is 0 Å². The standard InChI is InChI=1S/C23H28N4/c1-26-13-4-14-27(16-15-26)22-9-7-19(8-10-22)17-20-5-3-12-25-23(20)21-6-2-11-24-18-21/h2,6-11,17-18H,3-5,12-16H2,1H3. The van der Waals surface area contributed by atoms with Gasteiger partial charge in [-0.05, 0) is 74.3 Å². The summed E-state index contributed by atoms with van der Waals surface area (Å²) in [4.78, 5) is 14.0. The molecule has 1 aromatic heterocycles. The number of hydrogen-bond donors (Lipinski definition) is 0. The highest BCUT2D eigenvalue weighted by molar-refractivity contribution is 6.15. The van der Waals surface area contributed by atoms with Crippen molar-refractivity contribution >= 4 is 17.5 Å². The molecule has 1 saturated heterocycles. The quantitative estimate of drug-likeness (QED) is 0.832. The predicted octanol–water partition coefficient (Wildman–Crippen LogP) is 3.89. The summed E-state index contributed by atoms with van der Waals surface area (Å²) in [5, 5.41) is 0. The molecule has 4 rings (SSSR count). The van der Waals surface area contributed by atoms with Crippen molar-refractivity contribution in [2.24, 2.45) is 4.99 Å². The Morgan fingerprint density at radius 1 is 0.963 bits per heavy atom. The van der Waals surface area contributed by atoms with Crippen LogP contribution in [0.15, 0.2) is 59.4 Å². The van der Waals surface area contributed by atoms with E-state index < -0.39 is 0 Å². The number of nitrogens with zero attached hydrogens (tertiary/aromatic N) is 4. The van der Waals surface area contributed by atoms with Gasteiger partial charge in [-0.3, -0.25) is 9.98 Å². The van der Waals surface area contributed by atoms with Crippen LogP contribution in [-0.2, 0) is 0 Å². The summed E-state index contributed by atoms with van der Waals surface area (Å²) < 4.78 is 0. The molecule has 140 valence electrons. The lowest BCUT2D eigenvalue weighted by Crippen LogP contribution is -2.28.